The number of aromatic amines is 1. The van der Waals surface area contributed by atoms with Crippen LogP contribution >= 0.6 is 0 Å². The van der Waals surface area contributed by atoms with Crippen LogP contribution in [-0.4, -0.2) is 31.4 Å². The van der Waals surface area contributed by atoms with Crippen molar-refractivity contribution in [2.45, 2.75) is 130 Å². The molecule has 0 aromatic carbocycles. The normalized spacial score (nSPS) is 13.2. The minimum atomic E-state index is -2.26. The van der Waals surface area contributed by atoms with Crippen molar-refractivity contribution in [1.29, 1.82) is 0 Å². The van der Waals surface area contributed by atoms with Crippen LogP contribution < -0.4 is 3.58 Å². The molecule has 164 valence electrons. The summed E-state index contributed by atoms with van der Waals surface area (Å²) in [6.07, 6.45) is 13.2. The Morgan fingerprint density at radius 1 is 0.786 bits per heavy atom. The van der Waals surface area contributed by atoms with Crippen molar-refractivity contribution >= 4 is 30.0 Å². The first-order valence-electron chi connectivity index (χ1n) is 12.4. The second-order valence-corrected chi connectivity index (χ2v) is 29.8. The first-order valence-corrected chi connectivity index (χ1v) is 22.3. The van der Waals surface area contributed by atoms with Crippen LogP contribution in [0.15, 0.2) is 18.5 Å². The second kappa shape index (κ2) is 12.9. The van der Waals surface area contributed by atoms with Crippen LogP contribution in [0.25, 0.3) is 0 Å². The van der Waals surface area contributed by atoms with Crippen molar-refractivity contribution in [3.8, 4) is 0 Å². The summed E-state index contributed by atoms with van der Waals surface area (Å²) in [6.45, 7) is 19.9. The molecule has 0 saturated heterocycles. The molecule has 0 fully saturated rings. The van der Waals surface area contributed by atoms with Crippen LogP contribution in [0.1, 0.15) is 93.9 Å². The van der Waals surface area contributed by atoms with Crippen LogP contribution in [0.3, 0.4) is 0 Å². The van der Waals surface area contributed by atoms with E-state index in [0.717, 1.165) is 16.6 Å². The minimum absolute atomic E-state index is 0.908. The second-order valence-electron chi connectivity index (χ2n) is 10.4. The van der Waals surface area contributed by atoms with Crippen molar-refractivity contribution in [1.82, 2.24) is 4.98 Å². The molecule has 3 heteroatoms. The number of unbranched alkanes of at least 4 members (excludes halogenated alkanes) is 3. The van der Waals surface area contributed by atoms with Gasteiger partial charge in [-0.25, -0.2) is 0 Å². The van der Waals surface area contributed by atoms with E-state index in [2.05, 4.69) is 78.8 Å². The Bertz CT molecular complexity index is 477. The van der Waals surface area contributed by atoms with Crippen LogP contribution in [0.5, 0.6) is 0 Å². The van der Waals surface area contributed by atoms with Gasteiger partial charge in [0.15, 0.2) is 0 Å². The van der Waals surface area contributed by atoms with Gasteiger partial charge in [0.05, 0.1) is 0 Å². The fraction of sp³-hybridized carbons (Fsp3) is 0.840. The Balaban J connectivity index is 2.89. The van der Waals surface area contributed by atoms with Gasteiger partial charge in [-0.2, -0.15) is 0 Å². The Morgan fingerprint density at radius 2 is 1.29 bits per heavy atom. The van der Waals surface area contributed by atoms with Gasteiger partial charge >= 0.3 is 183 Å². The molecule has 1 nitrogen and oxygen atoms in total. The van der Waals surface area contributed by atoms with E-state index in [0.29, 0.717) is 0 Å². The molecule has 1 rings (SSSR count). The van der Waals surface area contributed by atoms with E-state index in [1.807, 2.05) is 0 Å². The van der Waals surface area contributed by atoms with Crippen LogP contribution in [-0.2, 0) is 0 Å². The van der Waals surface area contributed by atoms with E-state index in [9.17, 15) is 0 Å². The maximum absolute atomic E-state index is 3.41. The molecule has 0 atom stereocenters. The Kier molecular flexibility index (Phi) is 12.1. The third-order valence-electron chi connectivity index (χ3n) is 7.97. The summed E-state index contributed by atoms with van der Waals surface area (Å²) in [5.74, 6) is 0. The summed E-state index contributed by atoms with van der Waals surface area (Å²) in [5.41, 5.74) is 2.72. The summed E-state index contributed by atoms with van der Waals surface area (Å²) in [7, 11) is -1.22. The number of hydrogen-bond donors (Lipinski definition) is 1. The van der Waals surface area contributed by atoms with Gasteiger partial charge in [-0.15, -0.1) is 0 Å². The summed E-state index contributed by atoms with van der Waals surface area (Å²) >= 11 is -2.26. The Labute approximate surface area is 182 Å². The van der Waals surface area contributed by atoms with Crippen molar-refractivity contribution in [2.24, 2.45) is 0 Å². The van der Waals surface area contributed by atoms with Crippen molar-refractivity contribution in [3.63, 3.8) is 0 Å². The first kappa shape index (κ1) is 26.3. The molecule has 1 heterocycles. The molecule has 1 N–H and O–H groups in total. The summed E-state index contributed by atoms with van der Waals surface area (Å²) in [5, 5.41) is 0. The van der Waals surface area contributed by atoms with Gasteiger partial charge in [0.1, 0.15) is 0 Å². The van der Waals surface area contributed by atoms with Crippen LogP contribution in [0, 0.1) is 0 Å². The maximum atomic E-state index is 3.41. The first-order chi connectivity index (χ1) is 13.3. The van der Waals surface area contributed by atoms with E-state index in [-0.39, 0.29) is 0 Å². The zero-order valence-corrected chi connectivity index (χ0v) is 24.4. The van der Waals surface area contributed by atoms with E-state index < -0.39 is 26.5 Å². The Morgan fingerprint density at radius 3 is 1.68 bits per heavy atom. The fourth-order valence-electron chi connectivity index (χ4n) is 6.25. The number of hydrogen-bond acceptors (Lipinski definition) is 0. The van der Waals surface area contributed by atoms with Gasteiger partial charge in [0, 0.05) is 0 Å². The fourth-order valence-corrected chi connectivity index (χ4v) is 28.3. The predicted octanol–water partition coefficient (Wildman–Crippen LogP) is 8.73. The third-order valence-corrected chi connectivity index (χ3v) is 31.2. The molecule has 1 aromatic rings. The van der Waals surface area contributed by atoms with Gasteiger partial charge < -0.3 is 0 Å². The van der Waals surface area contributed by atoms with E-state index in [4.69, 9.17) is 0 Å². The molecule has 28 heavy (non-hydrogen) atoms. The van der Waals surface area contributed by atoms with Crippen LogP contribution in [0.4, 0.5) is 0 Å². The van der Waals surface area contributed by atoms with Crippen LogP contribution in [0.2, 0.25) is 36.0 Å². The number of nitrogens with one attached hydrogen (secondary N) is 1. The van der Waals surface area contributed by atoms with E-state index >= 15 is 0 Å². The van der Waals surface area contributed by atoms with Crippen molar-refractivity contribution in [2.75, 3.05) is 0 Å². The zero-order chi connectivity index (χ0) is 21.2. The SMILES string of the molecule is CCC[CH2][Sn]([CH2]CCC)([CH2]CCC[Si](C(C)C)(C(C)C)C(C)C)[c]1cc[nH]c1. The molecule has 0 bridgehead atoms. The van der Waals surface area contributed by atoms with Gasteiger partial charge in [-0.3, -0.25) is 0 Å². The predicted molar refractivity (Wildman–Crippen MR) is 136 cm³/mol. The molecule has 0 aliphatic heterocycles. The van der Waals surface area contributed by atoms with Gasteiger partial charge in [0.25, 0.3) is 0 Å². The van der Waals surface area contributed by atoms with E-state index in [1.165, 1.54) is 38.5 Å². The quantitative estimate of drug-likeness (QED) is 0.179. The average molecular weight is 512 g/mol. The van der Waals surface area contributed by atoms with Gasteiger partial charge in [0.2, 0.25) is 0 Å². The Hall–Kier alpha value is 0.296. The molecular formula is C25H51NSiSn. The summed E-state index contributed by atoms with van der Waals surface area (Å²) in [6, 6.07) is 4.01. The zero-order valence-electron chi connectivity index (χ0n) is 20.5. The molecule has 0 aliphatic carbocycles. The van der Waals surface area contributed by atoms with Gasteiger partial charge in [-0.1, -0.05) is 0 Å². The molecule has 0 radical (unpaired) electrons. The number of aromatic nitrogens is 1. The van der Waals surface area contributed by atoms with Gasteiger partial charge in [-0.05, 0) is 0 Å². The monoisotopic (exact) mass is 513 g/mol. The topological polar surface area (TPSA) is 15.8 Å². The molecule has 0 saturated carbocycles. The van der Waals surface area contributed by atoms with Crippen molar-refractivity contribution < 1.29 is 0 Å². The van der Waals surface area contributed by atoms with Crippen molar-refractivity contribution in [3.05, 3.63) is 18.5 Å². The molecular weight excluding hydrogens is 461 g/mol. The molecule has 1 aromatic heterocycles. The number of H-pyrrole nitrogens is 1. The number of rotatable bonds is 15. The summed E-state index contributed by atoms with van der Waals surface area (Å²) < 4.78 is 6.52. The summed E-state index contributed by atoms with van der Waals surface area (Å²) in [4.78, 5) is 3.41. The standard InChI is InChI=1S/C13H29Si.C4H4N.2C4H9.Sn/c1-8-9-10-14(11(2)3,12(4)5)13(6)7;1-2-4-5-3-1;2*1-3-4-2;/h11-13H,1,8-10H2,2-7H3;1,3-5H;2*1,3-4H2,2H3;. The molecule has 0 spiro atoms. The average Bonchev–Trinajstić information content (AvgIpc) is 3.17. The third kappa shape index (κ3) is 6.65. The molecule has 0 amide bonds. The molecule has 0 aliphatic rings. The molecule has 0 unspecified atom stereocenters. The van der Waals surface area contributed by atoms with E-state index in [1.54, 1.807) is 22.9 Å².